The van der Waals surface area contributed by atoms with Gasteiger partial charge in [-0.1, -0.05) is 23.7 Å². The average Bonchev–Trinajstić information content (AvgIpc) is 2.92. The summed E-state index contributed by atoms with van der Waals surface area (Å²) < 4.78 is 21.8. The highest BCUT2D eigenvalue weighted by molar-refractivity contribution is 6.33. The van der Waals surface area contributed by atoms with E-state index in [1.165, 1.54) is 19.2 Å². The molecule has 1 heterocycles. The summed E-state index contributed by atoms with van der Waals surface area (Å²) in [5.41, 5.74) is 1.64. The second kappa shape index (κ2) is 12.4. The zero-order valence-corrected chi connectivity index (χ0v) is 23.5. The highest BCUT2D eigenvalue weighted by atomic mass is 35.5. The van der Waals surface area contributed by atoms with Crippen LogP contribution in [-0.2, 0) is 14.2 Å². The second-order valence-corrected chi connectivity index (χ2v) is 10.5. The monoisotopic (exact) mass is 566 g/mol. The lowest BCUT2D eigenvalue weighted by Crippen LogP contribution is -2.44. The lowest BCUT2D eigenvalue weighted by molar-refractivity contribution is -0.0432. The van der Waals surface area contributed by atoms with Crippen LogP contribution in [-0.4, -0.2) is 55.3 Å². The predicted molar refractivity (Wildman–Crippen MR) is 150 cm³/mol. The number of hydrogen-bond acceptors (Lipinski definition) is 7. The number of benzene rings is 3. The number of anilines is 1. The van der Waals surface area contributed by atoms with Crippen LogP contribution in [0.3, 0.4) is 0 Å². The Bertz CT molecular complexity index is 1370. The molecule has 4 rings (SSSR count). The fourth-order valence-corrected chi connectivity index (χ4v) is 4.22. The van der Waals surface area contributed by atoms with Crippen molar-refractivity contribution in [1.29, 1.82) is 0 Å². The average molecular weight is 567 g/mol. The standard InChI is InChI=1S/C30H31ClN2O7/c1-30(2,3)40-29(36)33-15-16-38-26(18-33)19-5-9-21(10-6-19)32-27(34)20-7-11-22(12-8-20)39-23-13-14-24(25(31)17-23)28(35)37-4/h5-14,17,26H,15-16,18H2,1-4H3,(H,32,34)/t26-/m0/s1. The van der Waals surface area contributed by atoms with E-state index in [1.54, 1.807) is 47.4 Å². The number of carbonyl (C=O) groups is 3. The first kappa shape index (κ1) is 28.9. The topological polar surface area (TPSA) is 103 Å². The minimum atomic E-state index is -0.564. The number of nitrogens with one attached hydrogen (secondary N) is 1. The van der Waals surface area contributed by atoms with Crippen molar-refractivity contribution in [2.45, 2.75) is 32.5 Å². The summed E-state index contributed by atoms with van der Waals surface area (Å²) in [6, 6.07) is 18.6. The Morgan fingerprint density at radius 3 is 2.27 bits per heavy atom. The van der Waals surface area contributed by atoms with Crippen LogP contribution in [0.25, 0.3) is 0 Å². The predicted octanol–water partition coefficient (Wildman–Crippen LogP) is 6.48. The first-order chi connectivity index (χ1) is 19.0. The van der Waals surface area contributed by atoms with Gasteiger partial charge in [0.05, 0.1) is 30.8 Å². The van der Waals surface area contributed by atoms with E-state index < -0.39 is 11.6 Å². The zero-order chi connectivity index (χ0) is 28.9. The molecule has 2 amide bonds. The molecule has 0 bridgehead atoms. The van der Waals surface area contributed by atoms with Crippen LogP contribution in [0.5, 0.6) is 11.5 Å². The van der Waals surface area contributed by atoms with Crippen LogP contribution in [0, 0.1) is 0 Å². The van der Waals surface area contributed by atoms with Gasteiger partial charge in [-0.15, -0.1) is 0 Å². The fraction of sp³-hybridized carbons (Fsp3) is 0.300. The molecule has 0 radical (unpaired) electrons. The molecule has 40 heavy (non-hydrogen) atoms. The van der Waals surface area contributed by atoms with E-state index in [-0.39, 0.29) is 28.7 Å². The molecule has 1 aliphatic rings. The van der Waals surface area contributed by atoms with Gasteiger partial charge in [-0.25, -0.2) is 9.59 Å². The molecule has 210 valence electrons. The summed E-state index contributed by atoms with van der Waals surface area (Å²) >= 11 is 6.15. The number of morpholine rings is 1. The van der Waals surface area contributed by atoms with Gasteiger partial charge in [-0.3, -0.25) is 4.79 Å². The molecule has 3 aromatic carbocycles. The maximum Gasteiger partial charge on any atom is 0.410 e. The second-order valence-electron chi connectivity index (χ2n) is 10.1. The van der Waals surface area contributed by atoms with Gasteiger partial charge in [0.25, 0.3) is 5.91 Å². The first-order valence-electron chi connectivity index (χ1n) is 12.7. The van der Waals surface area contributed by atoms with E-state index in [9.17, 15) is 14.4 Å². The third kappa shape index (κ3) is 7.52. The quantitative estimate of drug-likeness (QED) is 0.341. The Morgan fingerprint density at radius 1 is 0.975 bits per heavy atom. The van der Waals surface area contributed by atoms with Gasteiger partial charge in [-0.2, -0.15) is 0 Å². The molecule has 1 saturated heterocycles. The van der Waals surface area contributed by atoms with Gasteiger partial charge in [0.1, 0.15) is 23.2 Å². The van der Waals surface area contributed by atoms with Gasteiger partial charge >= 0.3 is 12.1 Å². The molecule has 0 aromatic heterocycles. The van der Waals surface area contributed by atoms with Gasteiger partial charge in [0, 0.05) is 23.9 Å². The minimum Gasteiger partial charge on any atom is -0.465 e. The number of rotatable bonds is 6. The van der Waals surface area contributed by atoms with Crippen LogP contribution >= 0.6 is 11.6 Å². The van der Waals surface area contributed by atoms with Crippen molar-refractivity contribution >= 4 is 35.3 Å². The summed E-state index contributed by atoms with van der Waals surface area (Å²) in [7, 11) is 1.28. The van der Waals surface area contributed by atoms with Crippen LogP contribution in [0.4, 0.5) is 10.5 Å². The summed E-state index contributed by atoms with van der Waals surface area (Å²) in [4.78, 5) is 38.6. The molecular weight excluding hydrogens is 536 g/mol. The van der Waals surface area contributed by atoms with Crippen molar-refractivity contribution in [2.75, 3.05) is 32.1 Å². The van der Waals surface area contributed by atoms with Crippen LogP contribution in [0.15, 0.2) is 66.7 Å². The van der Waals surface area contributed by atoms with E-state index in [4.69, 9.17) is 25.8 Å². The van der Waals surface area contributed by atoms with Crippen molar-refractivity contribution in [3.8, 4) is 11.5 Å². The largest absolute Gasteiger partial charge is 0.465 e. The van der Waals surface area contributed by atoms with Crippen molar-refractivity contribution in [2.24, 2.45) is 0 Å². The number of esters is 1. The third-order valence-electron chi connectivity index (χ3n) is 5.96. The highest BCUT2D eigenvalue weighted by Gasteiger charge is 2.29. The maximum atomic E-state index is 12.8. The summed E-state index contributed by atoms with van der Waals surface area (Å²) in [5, 5.41) is 3.08. The van der Waals surface area contributed by atoms with Crippen molar-refractivity contribution in [1.82, 2.24) is 4.90 Å². The number of carbonyl (C=O) groups excluding carboxylic acids is 3. The van der Waals surface area contributed by atoms with Gasteiger partial charge < -0.3 is 29.2 Å². The Hall–Kier alpha value is -4.08. The maximum absolute atomic E-state index is 12.8. The molecule has 1 N–H and O–H groups in total. The smallest absolute Gasteiger partial charge is 0.410 e. The van der Waals surface area contributed by atoms with E-state index >= 15 is 0 Å². The number of hydrogen-bond donors (Lipinski definition) is 1. The number of halogens is 1. The number of methoxy groups -OCH3 is 1. The van der Waals surface area contributed by atoms with Crippen molar-refractivity contribution in [3.63, 3.8) is 0 Å². The molecule has 10 heteroatoms. The molecule has 0 spiro atoms. The summed E-state index contributed by atoms with van der Waals surface area (Å²) in [6.45, 7) is 6.78. The van der Waals surface area contributed by atoms with Gasteiger partial charge in [-0.05, 0) is 74.9 Å². The Labute approximate surface area is 237 Å². The fourth-order valence-electron chi connectivity index (χ4n) is 3.97. The first-order valence-corrected chi connectivity index (χ1v) is 13.1. The molecule has 0 aliphatic carbocycles. The molecule has 0 unspecified atom stereocenters. The zero-order valence-electron chi connectivity index (χ0n) is 22.7. The molecule has 1 fully saturated rings. The highest BCUT2D eigenvalue weighted by Crippen LogP contribution is 2.28. The lowest BCUT2D eigenvalue weighted by atomic mass is 10.1. The van der Waals surface area contributed by atoms with Crippen molar-refractivity contribution < 1.29 is 33.3 Å². The number of nitrogens with zero attached hydrogens (tertiary/aromatic N) is 1. The molecule has 3 aromatic rings. The van der Waals surface area contributed by atoms with E-state index in [0.717, 1.165) is 5.56 Å². The van der Waals surface area contributed by atoms with Crippen LogP contribution in [0.1, 0.15) is 53.2 Å². The van der Waals surface area contributed by atoms with Crippen molar-refractivity contribution in [3.05, 3.63) is 88.4 Å². The Balaban J connectivity index is 1.33. The van der Waals surface area contributed by atoms with Crippen LogP contribution < -0.4 is 10.1 Å². The van der Waals surface area contributed by atoms with E-state index in [1.807, 2.05) is 32.9 Å². The van der Waals surface area contributed by atoms with Crippen LogP contribution in [0.2, 0.25) is 5.02 Å². The van der Waals surface area contributed by atoms with Gasteiger partial charge in [0.2, 0.25) is 0 Å². The Morgan fingerprint density at radius 2 is 1.65 bits per heavy atom. The van der Waals surface area contributed by atoms with Gasteiger partial charge in [0.15, 0.2) is 0 Å². The summed E-state index contributed by atoms with van der Waals surface area (Å²) in [6.07, 6.45) is -0.647. The minimum absolute atomic E-state index is 0.210. The molecule has 1 aliphatic heterocycles. The summed E-state index contributed by atoms with van der Waals surface area (Å²) in [5.74, 6) is 0.116. The normalized spacial score (nSPS) is 15.2. The molecule has 9 nitrogen and oxygen atoms in total. The van der Waals surface area contributed by atoms with E-state index in [2.05, 4.69) is 10.1 Å². The Kier molecular flexibility index (Phi) is 8.96. The third-order valence-corrected chi connectivity index (χ3v) is 6.27. The number of ether oxygens (including phenoxy) is 4. The molecule has 0 saturated carbocycles. The molecule has 1 atom stereocenters. The molecular formula is C30H31ClN2O7. The lowest BCUT2D eigenvalue weighted by Gasteiger charge is -2.34. The SMILES string of the molecule is COC(=O)c1ccc(Oc2ccc(C(=O)Nc3ccc([C@@H]4CN(C(=O)OC(C)(C)C)CCO4)cc3)cc2)cc1Cl. The number of amides is 2. The van der Waals surface area contributed by atoms with E-state index in [0.29, 0.717) is 42.4 Å².